The number of nitrogens with one attached hydrogen (secondary N) is 1. The molecule has 20 heavy (non-hydrogen) atoms. The lowest BCUT2D eigenvalue weighted by Gasteiger charge is -2.26. The molecule has 1 amide bonds. The number of rotatable bonds is 4. The maximum atomic E-state index is 12.0. The standard InChI is InChI=1S/C15H18N4O/c20-15(8-9-19-11-16-10-17-19)18-14-7-3-5-12-4-1-2-6-13(12)14/h1-2,4,6,10-11,14H,3,5,7-9H2,(H,18,20). The highest BCUT2D eigenvalue weighted by molar-refractivity contribution is 5.76. The van der Waals surface area contributed by atoms with Gasteiger partial charge in [0.05, 0.1) is 12.6 Å². The maximum absolute atomic E-state index is 12.0. The van der Waals surface area contributed by atoms with Crippen LogP contribution in [0.15, 0.2) is 36.9 Å². The number of fused-ring (bicyclic) bond motifs is 1. The molecule has 1 aliphatic carbocycles. The minimum absolute atomic E-state index is 0.0715. The molecule has 1 aliphatic rings. The van der Waals surface area contributed by atoms with E-state index in [1.165, 1.54) is 17.5 Å². The molecular weight excluding hydrogens is 252 g/mol. The van der Waals surface area contributed by atoms with E-state index in [2.05, 4.69) is 33.6 Å². The van der Waals surface area contributed by atoms with Gasteiger partial charge in [-0.2, -0.15) is 5.10 Å². The van der Waals surface area contributed by atoms with Gasteiger partial charge in [0.2, 0.25) is 5.91 Å². The van der Waals surface area contributed by atoms with Crippen molar-refractivity contribution in [1.82, 2.24) is 20.1 Å². The Hall–Kier alpha value is -2.17. The van der Waals surface area contributed by atoms with Gasteiger partial charge in [-0.25, -0.2) is 4.98 Å². The van der Waals surface area contributed by atoms with Crippen LogP contribution in [0.1, 0.15) is 36.4 Å². The van der Waals surface area contributed by atoms with Crippen molar-refractivity contribution in [3.05, 3.63) is 48.0 Å². The molecule has 0 radical (unpaired) electrons. The Morgan fingerprint density at radius 2 is 2.30 bits per heavy atom. The van der Waals surface area contributed by atoms with Gasteiger partial charge in [0.1, 0.15) is 12.7 Å². The first-order chi connectivity index (χ1) is 9.83. The predicted octanol–water partition coefficient (Wildman–Crippen LogP) is 1.86. The number of carbonyl (C=O) groups is 1. The normalized spacial score (nSPS) is 17.5. The summed E-state index contributed by atoms with van der Waals surface area (Å²) >= 11 is 0. The number of nitrogens with zero attached hydrogens (tertiary/aromatic N) is 3. The fourth-order valence-corrected chi connectivity index (χ4v) is 2.73. The average molecular weight is 270 g/mol. The van der Waals surface area contributed by atoms with Crippen LogP contribution >= 0.6 is 0 Å². The SMILES string of the molecule is O=C(CCn1cncn1)NC1CCCc2ccccc21. The number of benzene rings is 1. The van der Waals surface area contributed by atoms with Crippen LogP contribution < -0.4 is 5.32 Å². The van der Waals surface area contributed by atoms with Crippen molar-refractivity contribution in [2.24, 2.45) is 0 Å². The lowest BCUT2D eigenvalue weighted by molar-refractivity contribution is -0.122. The van der Waals surface area contributed by atoms with Crippen molar-refractivity contribution in [1.29, 1.82) is 0 Å². The molecule has 3 rings (SSSR count). The van der Waals surface area contributed by atoms with Crippen molar-refractivity contribution in [2.45, 2.75) is 38.3 Å². The summed E-state index contributed by atoms with van der Waals surface area (Å²) in [6, 6.07) is 8.54. The molecule has 1 heterocycles. The minimum Gasteiger partial charge on any atom is -0.349 e. The summed E-state index contributed by atoms with van der Waals surface area (Å²) in [6.45, 7) is 0.570. The second kappa shape index (κ2) is 5.86. The second-order valence-corrected chi connectivity index (χ2v) is 5.12. The van der Waals surface area contributed by atoms with E-state index in [0.717, 1.165) is 19.3 Å². The molecule has 1 aromatic heterocycles. The first-order valence-electron chi connectivity index (χ1n) is 7.02. The topological polar surface area (TPSA) is 59.8 Å². The van der Waals surface area contributed by atoms with Gasteiger partial charge in [-0.1, -0.05) is 24.3 Å². The second-order valence-electron chi connectivity index (χ2n) is 5.12. The summed E-state index contributed by atoms with van der Waals surface area (Å²) in [6.07, 6.45) is 6.80. The number of carbonyl (C=O) groups excluding carboxylic acids is 1. The molecule has 1 atom stereocenters. The van der Waals surface area contributed by atoms with Crippen molar-refractivity contribution in [3.8, 4) is 0 Å². The largest absolute Gasteiger partial charge is 0.349 e. The molecule has 5 heteroatoms. The molecule has 104 valence electrons. The molecule has 0 spiro atoms. The van der Waals surface area contributed by atoms with E-state index in [4.69, 9.17) is 0 Å². The average Bonchev–Trinajstić information content (AvgIpc) is 2.99. The van der Waals surface area contributed by atoms with Crippen LogP contribution in [-0.2, 0) is 17.8 Å². The van der Waals surface area contributed by atoms with Crippen molar-refractivity contribution >= 4 is 5.91 Å². The third kappa shape index (κ3) is 2.87. The van der Waals surface area contributed by atoms with Gasteiger partial charge < -0.3 is 5.32 Å². The summed E-state index contributed by atoms with van der Waals surface area (Å²) < 4.78 is 1.67. The number of amides is 1. The maximum Gasteiger partial charge on any atom is 0.222 e. The van der Waals surface area contributed by atoms with Gasteiger partial charge >= 0.3 is 0 Å². The zero-order valence-electron chi connectivity index (χ0n) is 11.3. The Labute approximate surface area is 118 Å². The van der Waals surface area contributed by atoms with E-state index in [-0.39, 0.29) is 11.9 Å². The van der Waals surface area contributed by atoms with Gasteiger partial charge in [0.25, 0.3) is 0 Å². The molecule has 0 saturated heterocycles. The lowest BCUT2D eigenvalue weighted by Crippen LogP contribution is -2.31. The van der Waals surface area contributed by atoms with E-state index in [1.54, 1.807) is 11.0 Å². The van der Waals surface area contributed by atoms with Crippen molar-refractivity contribution < 1.29 is 4.79 Å². The summed E-state index contributed by atoms with van der Waals surface area (Å²) in [4.78, 5) is 15.9. The molecule has 1 N–H and O–H groups in total. The Bertz CT molecular complexity index is 579. The Balaban J connectivity index is 1.59. The smallest absolute Gasteiger partial charge is 0.222 e. The quantitative estimate of drug-likeness (QED) is 0.922. The van der Waals surface area contributed by atoms with E-state index in [9.17, 15) is 4.79 Å². The van der Waals surface area contributed by atoms with Gasteiger partial charge in [0, 0.05) is 6.42 Å². The first kappa shape index (κ1) is 12.8. The molecule has 0 fully saturated rings. The van der Waals surface area contributed by atoms with Crippen LogP contribution in [0.25, 0.3) is 0 Å². The third-order valence-electron chi connectivity index (χ3n) is 3.74. The molecule has 0 bridgehead atoms. The van der Waals surface area contributed by atoms with Crippen LogP contribution in [0, 0.1) is 0 Å². The van der Waals surface area contributed by atoms with Crippen molar-refractivity contribution in [2.75, 3.05) is 0 Å². The fraction of sp³-hybridized carbons (Fsp3) is 0.400. The summed E-state index contributed by atoms with van der Waals surface area (Å²) in [5.74, 6) is 0.0715. The summed E-state index contributed by atoms with van der Waals surface area (Å²) in [5.41, 5.74) is 2.63. The number of hydrogen-bond donors (Lipinski definition) is 1. The molecule has 2 aromatic rings. The Morgan fingerprint density at radius 1 is 1.40 bits per heavy atom. The fourth-order valence-electron chi connectivity index (χ4n) is 2.73. The zero-order chi connectivity index (χ0) is 13.8. The highest BCUT2D eigenvalue weighted by Gasteiger charge is 2.21. The molecule has 0 saturated carbocycles. The number of aromatic nitrogens is 3. The molecule has 1 aromatic carbocycles. The molecule has 1 unspecified atom stereocenters. The van der Waals surface area contributed by atoms with Crippen molar-refractivity contribution in [3.63, 3.8) is 0 Å². The van der Waals surface area contributed by atoms with Crippen LogP contribution in [-0.4, -0.2) is 20.7 Å². The van der Waals surface area contributed by atoms with Gasteiger partial charge in [0.15, 0.2) is 0 Å². The highest BCUT2D eigenvalue weighted by atomic mass is 16.1. The molecule has 5 nitrogen and oxygen atoms in total. The van der Waals surface area contributed by atoms with Crippen LogP contribution in [0.2, 0.25) is 0 Å². The number of aryl methyl sites for hydroxylation is 2. The summed E-state index contributed by atoms with van der Waals surface area (Å²) in [5, 5.41) is 7.13. The van der Waals surface area contributed by atoms with Gasteiger partial charge in [-0.15, -0.1) is 0 Å². The first-order valence-corrected chi connectivity index (χ1v) is 7.02. The Morgan fingerprint density at radius 3 is 3.15 bits per heavy atom. The monoisotopic (exact) mass is 270 g/mol. The van der Waals surface area contributed by atoms with E-state index >= 15 is 0 Å². The van der Waals surface area contributed by atoms with E-state index in [0.29, 0.717) is 13.0 Å². The van der Waals surface area contributed by atoms with E-state index in [1.807, 2.05) is 6.07 Å². The number of hydrogen-bond acceptors (Lipinski definition) is 3. The van der Waals surface area contributed by atoms with Gasteiger partial charge in [-0.05, 0) is 30.4 Å². The minimum atomic E-state index is 0.0715. The van der Waals surface area contributed by atoms with Gasteiger partial charge in [-0.3, -0.25) is 9.48 Å². The van der Waals surface area contributed by atoms with Crippen LogP contribution in [0.3, 0.4) is 0 Å². The van der Waals surface area contributed by atoms with E-state index < -0.39 is 0 Å². The predicted molar refractivity (Wildman–Crippen MR) is 74.9 cm³/mol. The third-order valence-corrected chi connectivity index (χ3v) is 3.74. The van der Waals surface area contributed by atoms with Crippen LogP contribution in [0.4, 0.5) is 0 Å². The zero-order valence-corrected chi connectivity index (χ0v) is 11.3. The highest BCUT2D eigenvalue weighted by Crippen LogP contribution is 2.29. The lowest BCUT2D eigenvalue weighted by atomic mass is 9.88. The Kier molecular flexibility index (Phi) is 3.76. The molecular formula is C15H18N4O. The van der Waals surface area contributed by atoms with Crippen LogP contribution in [0.5, 0.6) is 0 Å². The molecule has 0 aliphatic heterocycles. The summed E-state index contributed by atoms with van der Waals surface area (Å²) in [7, 11) is 0.